The van der Waals surface area contributed by atoms with Crippen LogP contribution in [0.3, 0.4) is 0 Å². The Balaban J connectivity index is 1.86. The third-order valence-corrected chi connectivity index (χ3v) is 4.28. The number of ether oxygens (including phenoxy) is 2. The molecule has 1 aromatic carbocycles. The number of allylic oxidation sites excluding steroid dienone is 2. The Hall–Kier alpha value is -2.60. The molecule has 2 aromatic rings. The number of benzene rings is 1. The number of amides is 1. The van der Waals surface area contributed by atoms with Gasteiger partial charge in [0.1, 0.15) is 11.3 Å². The molecule has 0 N–H and O–H groups in total. The van der Waals surface area contributed by atoms with Gasteiger partial charge in [0.2, 0.25) is 0 Å². The van der Waals surface area contributed by atoms with E-state index in [0.717, 1.165) is 16.5 Å². The highest BCUT2D eigenvalue weighted by Gasteiger charge is 2.18. The molecular formula is C20H23NO5. The van der Waals surface area contributed by atoms with Crippen LogP contribution in [0.25, 0.3) is 11.0 Å². The summed E-state index contributed by atoms with van der Waals surface area (Å²) in [6, 6.07) is 6.78. The molecule has 0 aliphatic carbocycles. The Morgan fingerprint density at radius 3 is 2.65 bits per heavy atom. The molecule has 0 unspecified atom stereocenters. The summed E-state index contributed by atoms with van der Waals surface area (Å²) in [5.74, 6) is 0.488. The zero-order valence-corrected chi connectivity index (χ0v) is 15.1. The Morgan fingerprint density at radius 2 is 1.92 bits per heavy atom. The molecule has 2 heterocycles. The number of carbonyl (C=O) groups is 1. The molecule has 0 saturated carbocycles. The van der Waals surface area contributed by atoms with E-state index in [1.807, 2.05) is 32.1 Å². The lowest BCUT2D eigenvalue weighted by Gasteiger charge is -2.26. The molecule has 6 heteroatoms. The van der Waals surface area contributed by atoms with Gasteiger partial charge in [-0.15, -0.1) is 0 Å². The fraction of sp³-hybridized carbons (Fsp3) is 0.400. The van der Waals surface area contributed by atoms with E-state index in [4.69, 9.17) is 13.9 Å². The maximum absolute atomic E-state index is 12.3. The van der Waals surface area contributed by atoms with Crippen LogP contribution in [-0.4, -0.2) is 43.7 Å². The molecule has 0 spiro atoms. The minimum atomic E-state index is -0.405. The second-order valence-electron chi connectivity index (χ2n) is 6.48. The van der Waals surface area contributed by atoms with Gasteiger partial charge >= 0.3 is 5.63 Å². The lowest BCUT2D eigenvalue weighted by Crippen LogP contribution is -2.43. The summed E-state index contributed by atoms with van der Waals surface area (Å²) in [4.78, 5) is 25.7. The summed E-state index contributed by atoms with van der Waals surface area (Å²) < 4.78 is 16.5. The quantitative estimate of drug-likeness (QED) is 0.608. The largest absolute Gasteiger partial charge is 0.483 e. The molecular weight excluding hydrogens is 334 g/mol. The van der Waals surface area contributed by atoms with Gasteiger partial charge in [0, 0.05) is 30.1 Å². The first-order valence-electron chi connectivity index (χ1n) is 8.72. The molecule has 1 amide bonds. The minimum Gasteiger partial charge on any atom is -0.483 e. The molecule has 1 saturated heterocycles. The van der Waals surface area contributed by atoms with E-state index < -0.39 is 5.63 Å². The van der Waals surface area contributed by atoms with Crippen molar-refractivity contribution < 1.29 is 18.7 Å². The monoisotopic (exact) mass is 357 g/mol. The number of carbonyl (C=O) groups excluding carboxylic acids is 1. The molecule has 1 aliphatic rings. The lowest BCUT2D eigenvalue weighted by molar-refractivity contribution is -0.137. The van der Waals surface area contributed by atoms with Crippen molar-refractivity contribution in [3.63, 3.8) is 0 Å². The standard InChI is InChI=1S/C20H23NO5/c1-14(2)3-6-16-17(7-4-15-5-8-19(23)26-20(15)16)25-13-18(22)21-9-11-24-12-10-21/h3-5,7-8H,6,9-13H2,1-2H3. The van der Waals surface area contributed by atoms with Crippen molar-refractivity contribution in [2.24, 2.45) is 0 Å². The Morgan fingerprint density at radius 1 is 1.19 bits per heavy atom. The lowest BCUT2D eigenvalue weighted by atomic mass is 10.1. The summed E-state index contributed by atoms with van der Waals surface area (Å²) in [7, 11) is 0. The number of hydrogen-bond donors (Lipinski definition) is 0. The summed E-state index contributed by atoms with van der Waals surface area (Å²) in [6.45, 7) is 6.23. The van der Waals surface area contributed by atoms with Gasteiger partial charge in [-0.1, -0.05) is 11.6 Å². The highest BCUT2D eigenvalue weighted by Crippen LogP contribution is 2.28. The minimum absolute atomic E-state index is 0.0512. The van der Waals surface area contributed by atoms with Crippen molar-refractivity contribution in [1.82, 2.24) is 4.90 Å². The average molecular weight is 357 g/mol. The molecule has 0 radical (unpaired) electrons. The first-order valence-corrected chi connectivity index (χ1v) is 8.72. The van der Waals surface area contributed by atoms with Crippen LogP contribution < -0.4 is 10.4 Å². The SMILES string of the molecule is CC(C)=CCc1c(OCC(=O)N2CCOCC2)ccc2ccc(=O)oc12. The second kappa shape index (κ2) is 8.19. The zero-order chi connectivity index (χ0) is 18.5. The van der Waals surface area contributed by atoms with E-state index in [-0.39, 0.29) is 12.5 Å². The van der Waals surface area contributed by atoms with E-state index in [2.05, 4.69) is 0 Å². The van der Waals surface area contributed by atoms with E-state index in [1.54, 1.807) is 11.0 Å². The Kier molecular flexibility index (Phi) is 5.73. The topological polar surface area (TPSA) is 69.0 Å². The first-order chi connectivity index (χ1) is 12.5. The smallest absolute Gasteiger partial charge is 0.336 e. The van der Waals surface area contributed by atoms with Crippen LogP contribution in [0.1, 0.15) is 19.4 Å². The number of fused-ring (bicyclic) bond motifs is 1. The predicted molar refractivity (Wildman–Crippen MR) is 98.5 cm³/mol. The van der Waals surface area contributed by atoms with E-state index >= 15 is 0 Å². The van der Waals surface area contributed by atoms with Crippen LogP contribution in [-0.2, 0) is 16.0 Å². The van der Waals surface area contributed by atoms with Crippen LogP contribution in [0.5, 0.6) is 5.75 Å². The fourth-order valence-corrected chi connectivity index (χ4v) is 2.85. The van der Waals surface area contributed by atoms with Crippen molar-refractivity contribution in [1.29, 1.82) is 0 Å². The fourth-order valence-electron chi connectivity index (χ4n) is 2.85. The third kappa shape index (κ3) is 4.32. The van der Waals surface area contributed by atoms with E-state index in [0.29, 0.717) is 44.1 Å². The van der Waals surface area contributed by atoms with Crippen LogP contribution in [0, 0.1) is 0 Å². The average Bonchev–Trinajstić information content (AvgIpc) is 2.65. The second-order valence-corrected chi connectivity index (χ2v) is 6.48. The summed E-state index contributed by atoms with van der Waals surface area (Å²) >= 11 is 0. The van der Waals surface area contributed by atoms with Gasteiger partial charge in [-0.05, 0) is 38.5 Å². The summed E-state index contributed by atoms with van der Waals surface area (Å²) in [5.41, 5.74) is 2.02. The number of rotatable bonds is 5. The number of nitrogens with zero attached hydrogens (tertiary/aromatic N) is 1. The van der Waals surface area contributed by atoms with Crippen LogP contribution >= 0.6 is 0 Å². The number of morpholine rings is 1. The van der Waals surface area contributed by atoms with Crippen LogP contribution in [0.4, 0.5) is 0 Å². The maximum atomic E-state index is 12.3. The summed E-state index contributed by atoms with van der Waals surface area (Å²) in [6.07, 6.45) is 2.60. The first kappa shape index (κ1) is 18.2. The third-order valence-electron chi connectivity index (χ3n) is 4.28. The van der Waals surface area contributed by atoms with Crippen molar-refractivity contribution in [2.75, 3.05) is 32.9 Å². The number of hydrogen-bond acceptors (Lipinski definition) is 5. The van der Waals surface area contributed by atoms with Crippen LogP contribution in [0.2, 0.25) is 0 Å². The summed E-state index contributed by atoms with van der Waals surface area (Å²) in [5, 5.41) is 0.827. The Labute approximate surface area is 152 Å². The molecule has 138 valence electrons. The van der Waals surface area contributed by atoms with Crippen LogP contribution in [0.15, 0.2) is 45.1 Å². The van der Waals surface area contributed by atoms with Gasteiger partial charge in [0.15, 0.2) is 6.61 Å². The molecule has 1 fully saturated rings. The molecule has 1 aromatic heterocycles. The van der Waals surface area contributed by atoms with Crippen molar-refractivity contribution in [3.8, 4) is 5.75 Å². The van der Waals surface area contributed by atoms with Gasteiger partial charge in [0.05, 0.1) is 13.2 Å². The molecule has 26 heavy (non-hydrogen) atoms. The maximum Gasteiger partial charge on any atom is 0.336 e. The molecule has 3 rings (SSSR count). The normalized spacial score (nSPS) is 14.3. The predicted octanol–water partition coefficient (Wildman–Crippen LogP) is 2.54. The Bertz CT molecular complexity index is 873. The van der Waals surface area contributed by atoms with Crippen molar-refractivity contribution >= 4 is 16.9 Å². The van der Waals surface area contributed by atoms with Gasteiger partial charge < -0.3 is 18.8 Å². The highest BCUT2D eigenvalue weighted by atomic mass is 16.5. The van der Waals surface area contributed by atoms with E-state index in [9.17, 15) is 9.59 Å². The van der Waals surface area contributed by atoms with E-state index in [1.165, 1.54) is 6.07 Å². The zero-order valence-electron chi connectivity index (χ0n) is 15.1. The molecule has 0 bridgehead atoms. The molecule has 1 aliphatic heterocycles. The van der Waals surface area contributed by atoms with Crippen molar-refractivity contribution in [3.05, 3.63) is 51.9 Å². The van der Waals surface area contributed by atoms with Crippen molar-refractivity contribution in [2.45, 2.75) is 20.3 Å². The van der Waals surface area contributed by atoms with Gasteiger partial charge in [0.25, 0.3) is 5.91 Å². The van der Waals surface area contributed by atoms with Gasteiger partial charge in [-0.25, -0.2) is 4.79 Å². The van der Waals surface area contributed by atoms with Gasteiger partial charge in [-0.2, -0.15) is 0 Å². The molecule has 0 atom stereocenters. The molecule has 6 nitrogen and oxygen atoms in total. The van der Waals surface area contributed by atoms with Gasteiger partial charge in [-0.3, -0.25) is 4.79 Å². The highest BCUT2D eigenvalue weighted by molar-refractivity contribution is 5.83.